The number of rotatable bonds is 4. The molecule has 4 heterocycles. The molecule has 25 heavy (non-hydrogen) atoms. The molecule has 1 aliphatic rings. The van der Waals surface area contributed by atoms with Crippen LogP contribution in [0.25, 0.3) is 5.82 Å². The SMILES string of the molecule is Cc1cnccc1CN1CCC[C@@H](c2cncc(-n3ccnc3)n2)C1. The van der Waals surface area contributed by atoms with Crippen molar-refractivity contribution in [3.63, 3.8) is 0 Å². The number of pyridine rings is 1. The summed E-state index contributed by atoms with van der Waals surface area (Å²) in [6.45, 7) is 5.25. The largest absolute Gasteiger partial charge is 0.298 e. The Bertz CT molecular complexity index is 829. The monoisotopic (exact) mass is 334 g/mol. The lowest BCUT2D eigenvalue weighted by Crippen LogP contribution is -2.34. The molecule has 0 spiro atoms. The fraction of sp³-hybridized carbons (Fsp3) is 0.368. The van der Waals surface area contributed by atoms with Crippen LogP contribution in [0.1, 0.15) is 35.6 Å². The minimum absolute atomic E-state index is 0.423. The molecule has 3 aromatic heterocycles. The van der Waals surface area contributed by atoms with Crippen molar-refractivity contribution in [1.82, 2.24) is 29.4 Å². The van der Waals surface area contributed by atoms with Gasteiger partial charge >= 0.3 is 0 Å². The van der Waals surface area contributed by atoms with Crippen LogP contribution >= 0.6 is 0 Å². The molecule has 0 saturated carbocycles. The van der Waals surface area contributed by atoms with Crippen LogP contribution in [0.2, 0.25) is 0 Å². The molecule has 0 aromatic carbocycles. The summed E-state index contributed by atoms with van der Waals surface area (Å²) in [5.41, 5.74) is 3.68. The van der Waals surface area contributed by atoms with Gasteiger partial charge in [0.05, 0.1) is 11.9 Å². The number of imidazole rings is 1. The number of hydrogen-bond acceptors (Lipinski definition) is 5. The van der Waals surface area contributed by atoms with Gasteiger partial charge in [0.2, 0.25) is 0 Å². The highest BCUT2D eigenvalue weighted by molar-refractivity contribution is 5.23. The Labute approximate surface area is 147 Å². The zero-order chi connectivity index (χ0) is 17.1. The molecule has 128 valence electrons. The van der Waals surface area contributed by atoms with E-state index in [2.05, 4.69) is 32.8 Å². The van der Waals surface area contributed by atoms with Crippen LogP contribution in [0.3, 0.4) is 0 Å². The topological polar surface area (TPSA) is 59.7 Å². The first-order valence-electron chi connectivity index (χ1n) is 8.72. The summed E-state index contributed by atoms with van der Waals surface area (Å²) in [6.07, 6.45) is 15.3. The van der Waals surface area contributed by atoms with Gasteiger partial charge in [0.25, 0.3) is 0 Å². The minimum atomic E-state index is 0.423. The van der Waals surface area contributed by atoms with Crippen molar-refractivity contribution in [1.29, 1.82) is 0 Å². The van der Waals surface area contributed by atoms with E-state index in [0.29, 0.717) is 5.92 Å². The first-order chi connectivity index (χ1) is 12.3. The van der Waals surface area contributed by atoms with Gasteiger partial charge in [-0.25, -0.2) is 9.97 Å². The molecule has 0 bridgehead atoms. The normalized spacial score (nSPS) is 18.4. The minimum Gasteiger partial charge on any atom is -0.298 e. The van der Waals surface area contributed by atoms with Crippen molar-refractivity contribution in [3.05, 3.63) is 66.4 Å². The Morgan fingerprint density at radius 3 is 2.92 bits per heavy atom. The van der Waals surface area contributed by atoms with Crippen molar-refractivity contribution in [2.24, 2.45) is 0 Å². The van der Waals surface area contributed by atoms with Crippen molar-refractivity contribution >= 4 is 0 Å². The molecular weight excluding hydrogens is 312 g/mol. The zero-order valence-electron chi connectivity index (χ0n) is 14.4. The third-order valence-electron chi connectivity index (χ3n) is 4.86. The van der Waals surface area contributed by atoms with Gasteiger partial charge in [-0.3, -0.25) is 19.4 Å². The van der Waals surface area contributed by atoms with Crippen LogP contribution in [-0.2, 0) is 6.54 Å². The lowest BCUT2D eigenvalue weighted by molar-refractivity contribution is 0.198. The number of piperidine rings is 1. The molecule has 0 N–H and O–H groups in total. The lowest BCUT2D eigenvalue weighted by atomic mass is 9.94. The van der Waals surface area contributed by atoms with E-state index in [1.807, 2.05) is 29.4 Å². The van der Waals surface area contributed by atoms with Crippen LogP contribution in [0.15, 0.2) is 49.6 Å². The molecular formula is C19H22N6. The maximum Gasteiger partial charge on any atom is 0.156 e. The van der Waals surface area contributed by atoms with E-state index in [1.54, 1.807) is 18.7 Å². The van der Waals surface area contributed by atoms with Crippen LogP contribution in [0.4, 0.5) is 0 Å². The van der Waals surface area contributed by atoms with Gasteiger partial charge in [-0.2, -0.15) is 0 Å². The van der Waals surface area contributed by atoms with Crippen LogP contribution in [0, 0.1) is 6.92 Å². The Morgan fingerprint density at radius 2 is 2.08 bits per heavy atom. The molecule has 3 aromatic rings. The molecule has 0 radical (unpaired) electrons. The molecule has 6 heteroatoms. The smallest absolute Gasteiger partial charge is 0.156 e. The molecule has 6 nitrogen and oxygen atoms in total. The molecule has 0 aliphatic carbocycles. The lowest BCUT2D eigenvalue weighted by Gasteiger charge is -2.32. The summed E-state index contributed by atoms with van der Waals surface area (Å²) in [6, 6.07) is 2.12. The summed E-state index contributed by atoms with van der Waals surface area (Å²) in [5.74, 6) is 1.25. The Hall–Kier alpha value is -2.60. The number of aromatic nitrogens is 5. The Balaban J connectivity index is 1.50. The van der Waals surface area contributed by atoms with Gasteiger partial charge in [0, 0.05) is 50.0 Å². The summed E-state index contributed by atoms with van der Waals surface area (Å²) in [5, 5.41) is 0. The fourth-order valence-corrected chi connectivity index (χ4v) is 3.45. The second-order valence-electron chi connectivity index (χ2n) is 6.65. The highest BCUT2D eigenvalue weighted by Crippen LogP contribution is 2.27. The molecule has 1 fully saturated rings. The summed E-state index contributed by atoms with van der Waals surface area (Å²) >= 11 is 0. The van der Waals surface area contributed by atoms with E-state index >= 15 is 0 Å². The predicted octanol–water partition coefficient (Wildman–Crippen LogP) is 2.75. The average molecular weight is 334 g/mol. The van der Waals surface area contributed by atoms with Gasteiger partial charge in [-0.1, -0.05) is 0 Å². The van der Waals surface area contributed by atoms with Gasteiger partial charge in [0.15, 0.2) is 5.82 Å². The van der Waals surface area contributed by atoms with Crippen LogP contribution < -0.4 is 0 Å². The third-order valence-corrected chi connectivity index (χ3v) is 4.86. The van der Waals surface area contributed by atoms with E-state index in [4.69, 9.17) is 4.98 Å². The fourth-order valence-electron chi connectivity index (χ4n) is 3.45. The number of hydrogen-bond donors (Lipinski definition) is 0. The Kier molecular flexibility index (Phi) is 4.52. The number of likely N-dealkylation sites (tertiary alicyclic amines) is 1. The standard InChI is InChI=1S/C19H22N6/c1-15-9-20-5-4-16(15)12-24-7-2-3-17(13-24)18-10-22-11-19(23-18)25-8-6-21-14-25/h4-6,8-11,14,17H,2-3,7,12-13H2,1H3/t17-/m1/s1. The molecule has 4 rings (SSSR count). The molecule has 1 aliphatic heterocycles. The first kappa shape index (κ1) is 15.9. The Morgan fingerprint density at radius 1 is 1.12 bits per heavy atom. The average Bonchev–Trinajstić information content (AvgIpc) is 3.19. The molecule has 0 unspecified atom stereocenters. The van der Waals surface area contributed by atoms with Crippen molar-refractivity contribution in [2.75, 3.05) is 13.1 Å². The highest BCUT2D eigenvalue weighted by Gasteiger charge is 2.23. The van der Waals surface area contributed by atoms with Gasteiger partial charge in [0.1, 0.15) is 6.33 Å². The number of aryl methyl sites for hydroxylation is 1. The van der Waals surface area contributed by atoms with Crippen LogP contribution in [-0.4, -0.2) is 42.5 Å². The molecule has 1 atom stereocenters. The summed E-state index contributed by atoms with van der Waals surface area (Å²) in [7, 11) is 0. The zero-order valence-corrected chi connectivity index (χ0v) is 14.4. The summed E-state index contributed by atoms with van der Waals surface area (Å²) < 4.78 is 1.90. The van der Waals surface area contributed by atoms with Gasteiger partial charge in [-0.05, 0) is 43.5 Å². The van der Waals surface area contributed by atoms with E-state index in [0.717, 1.165) is 37.6 Å². The van der Waals surface area contributed by atoms with E-state index < -0.39 is 0 Å². The van der Waals surface area contributed by atoms with E-state index in [1.165, 1.54) is 17.5 Å². The van der Waals surface area contributed by atoms with Crippen molar-refractivity contribution in [2.45, 2.75) is 32.2 Å². The van der Waals surface area contributed by atoms with Gasteiger partial charge < -0.3 is 0 Å². The van der Waals surface area contributed by atoms with Crippen molar-refractivity contribution in [3.8, 4) is 5.82 Å². The van der Waals surface area contributed by atoms with Gasteiger partial charge in [-0.15, -0.1) is 0 Å². The molecule has 1 saturated heterocycles. The van der Waals surface area contributed by atoms with Crippen LogP contribution in [0.5, 0.6) is 0 Å². The third kappa shape index (κ3) is 3.58. The quantitative estimate of drug-likeness (QED) is 0.734. The number of nitrogens with zero attached hydrogens (tertiary/aromatic N) is 6. The van der Waals surface area contributed by atoms with E-state index in [-0.39, 0.29) is 0 Å². The second-order valence-corrected chi connectivity index (χ2v) is 6.65. The summed E-state index contributed by atoms with van der Waals surface area (Å²) in [4.78, 5) is 20.0. The van der Waals surface area contributed by atoms with E-state index in [9.17, 15) is 0 Å². The second kappa shape index (κ2) is 7.11. The maximum atomic E-state index is 4.82. The maximum absolute atomic E-state index is 4.82. The predicted molar refractivity (Wildman–Crippen MR) is 95.4 cm³/mol. The first-order valence-corrected chi connectivity index (χ1v) is 8.72. The highest BCUT2D eigenvalue weighted by atomic mass is 15.1. The van der Waals surface area contributed by atoms with Crippen molar-refractivity contribution < 1.29 is 0 Å². The molecule has 0 amide bonds.